The Kier molecular flexibility index (Phi) is 9.33. The maximum absolute atomic E-state index is 15.3. The third kappa shape index (κ3) is 7.56. The van der Waals surface area contributed by atoms with Crippen LogP contribution in [0.1, 0.15) is 63.6 Å². The molecule has 7 rings (SSSR count). The van der Waals surface area contributed by atoms with Crippen LogP contribution >= 0.6 is 0 Å². The first-order valence-corrected chi connectivity index (χ1v) is 17.4. The molecule has 5 aromatic rings. The summed E-state index contributed by atoms with van der Waals surface area (Å²) >= 11 is 0. The van der Waals surface area contributed by atoms with Crippen molar-refractivity contribution in [3.05, 3.63) is 102 Å². The van der Waals surface area contributed by atoms with Crippen molar-refractivity contribution in [1.29, 1.82) is 0 Å². The molecule has 4 heterocycles. The molecule has 0 bridgehead atoms. The van der Waals surface area contributed by atoms with Gasteiger partial charge < -0.3 is 14.4 Å². The van der Waals surface area contributed by atoms with Crippen molar-refractivity contribution < 1.29 is 32.6 Å². The highest BCUT2D eigenvalue weighted by molar-refractivity contribution is 6.11. The fourth-order valence-corrected chi connectivity index (χ4v) is 6.58. The van der Waals surface area contributed by atoms with Crippen LogP contribution < -0.4 is 4.74 Å². The summed E-state index contributed by atoms with van der Waals surface area (Å²) in [7, 11) is 0. The molecule has 0 radical (unpaired) electrons. The number of ketones is 2. The number of Topliss-reactive ketones (excluding diaryl/α,β-unsaturated/α-hetero) is 2. The van der Waals surface area contributed by atoms with Crippen LogP contribution in [0.4, 0.5) is 13.6 Å². The smallest absolute Gasteiger partial charge is 0.410 e. The van der Waals surface area contributed by atoms with E-state index >= 15 is 4.39 Å². The van der Waals surface area contributed by atoms with E-state index in [9.17, 15) is 18.8 Å². The highest BCUT2D eigenvalue weighted by Crippen LogP contribution is 2.49. The van der Waals surface area contributed by atoms with Gasteiger partial charge in [0.15, 0.2) is 23.1 Å². The molecule has 1 saturated carbocycles. The third-order valence-electron chi connectivity index (χ3n) is 9.65. The number of amides is 1. The lowest BCUT2D eigenvalue weighted by molar-refractivity contribution is -0.133. The largest absolute Gasteiger partial charge is 0.453 e. The molecule has 2 aromatic carbocycles. The van der Waals surface area contributed by atoms with Crippen LogP contribution in [0.2, 0.25) is 0 Å². The standard InChI is InChI=1S/C40H39F2N5O5/c1-39(2,3)52-38(50)46-16-11-29(12-17-46)47-24-27(22-45-47)32-21-33-30(23-44-32)34(10-15-43-33)51-35-9-6-26(18-31(35)42)20-37(49)40(13-14-40)36(48)19-25-4-7-28(41)8-5-25/h4-10,15,18,21-24,29H,11-14,16-17,19-20H2,1-3H3. The Morgan fingerprint density at radius 3 is 2.23 bits per heavy atom. The highest BCUT2D eigenvalue weighted by atomic mass is 19.1. The maximum atomic E-state index is 15.3. The Labute approximate surface area is 299 Å². The molecule has 1 saturated heterocycles. The number of aromatic nitrogens is 4. The molecule has 1 amide bonds. The normalized spacial score (nSPS) is 15.8. The molecular weight excluding hydrogens is 668 g/mol. The monoisotopic (exact) mass is 707 g/mol. The van der Waals surface area contributed by atoms with E-state index in [4.69, 9.17) is 9.47 Å². The summed E-state index contributed by atoms with van der Waals surface area (Å²) in [5, 5.41) is 5.17. The predicted octanol–water partition coefficient (Wildman–Crippen LogP) is 7.84. The molecule has 0 spiro atoms. The fraction of sp³-hybridized carbons (Fsp3) is 0.350. The van der Waals surface area contributed by atoms with Crippen LogP contribution in [-0.2, 0) is 27.2 Å². The van der Waals surface area contributed by atoms with E-state index in [1.54, 1.807) is 47.8 Å². The lowest BCUT2D eigenvalue weighted by atomic mass is 9.88. The number of hydrogen-bond donors (Lipinski definition) is 0. The van der Waals surface area contributed by atoms with Gasteiger partial charge in [-0.1, -0.05) is 18.2 Å². The Morgan fingerprint density at radius 2 is 1.56 bits per heavy atom. The van der Waals surface area contributed by atoms with Crippen molar-refractivity contribution in [2.24, 2.45) is 5.41 Å². The van der Waals surface area contributed by atoms with E-state index in [0.717, 1.165) is 18.4 Å². The number of piperidine rings is 1. The van der Waals surface area contributed by atoms with Crippen LogP contribution in [-0.4, -0.2) is 61.0 Å². The van der Waals surface area contributed by atoms with Crippen LogP contribution in [0, 0.1) is 17.0 Å². The summed E-state index contributed by atoms with van der Waals surface area (Å²) in [6.07, 6.45) is 8.98. The highest BCUT2D eigenvalue weighted by Gasteiger charge is 2.54. The molecule has 10 nitrogen and oxygen atoms in total. The summed E-state index contributed by atoms with van der Waals surface area (Å²) < 4.78 is 42.0. The number of carbonyl (C=O) groups excluding carboxylic acids is 3. The van der Waals surface area contributed by atoms with E-state index in [2.05, 4.69) is 15.1 Å². The Hall–Kier alpha value is -5.52. The lowest BCUT2D eigenvalue weighted by Gasteiger charge is -2.33. The molecule has 2 fully saturated rings. The third-order valence-corrected chi connectivity index (χ3v) is 9.65. The summed E-state index contributed by atoms with van der Waals surface area (Å²) in [5.41, 5.74) is 1.56. The molecule has 1 aliphatic heterocycles. The Morgan fingerprint density at radius 1 is 0.865 bits per heavy atom. The zero-order valence-corrected chi connectivity index (χ0v) is 29.3. The van der Waals surface area contributed by atoms with Crippen molar-refractivity contribution in [2.75, 3.05) is 13.1 Å². The van der Waals surface area contributed by atoms with Gasteiger partial charge in [-0.3, -0.25) is 24.2 Å². The van der Waals surface area contributed by atoms with Gasteiger partial charge in [-0.2, -0.15) is 5.10 Å². The summed E-state index contributed by atoms with van der Waals surface area (Å²) in [6, 6.07) is 13.6. The van der Waals surface area contributed by atoms with Gasteiger partial charge >= 0.3 is 6.09 Å². The number of pyridine rings is 2. The second kappa shape index (κ2) is 13.9. The molecule has 0 atom stereocenters. The minimum atomic E-state index is -1.07. The van der Waals surface area contributed by atoms with Gasteiger partial charge in [-0.25, -0.2) is 13.6 Å². The number of ether oxygens (including phenoxy) is 2. The molecular formula is C40H39F2N5O5. The van der Waals surface area contributed by atoms with Crippen molar-refractivity contribution in [3.63, 3.8) is 0 Å². The van der Waals surface area contributed by atoms with Crippen LogP contribution in [0.15, 0.2) is 79.4 Å². The molecule has 3 aromatic heterocycles. The van der Waals surface area contributed by atoms with Gasteiger partial charge in [-0.05, 0) is 94.0 Å². The van der Waals surface area contributed by atoms with Crippen LogP contribution in [0.25, 0.3) is 22.2 Å². The van der Waals surface area contributed by atoms with E-state index in [-0.39, 0.29) is 42.3 Å². The second-order valence-corrected chi connectivity index (χ2v) is 14.6. The average Bonchev–Trinajstić information content (AvgIpc) is 3.79. The summed E-state index contributed by atoms with van der Waals surface area (Å²) in [5.74, 6) is -1.14. The summed E-state index contributed by atoms with van der Waals surface area (Å²) in [6.45, 7) is 6.73. The molecule has 0 unspecified atom stereocenters. The molecule has 52 heavy (non-hydrogen) atoms. The number of carbonyl (C=O) groups is 3. The van der Waals surface area contributed by atoms with Crippen LogP contribution in [0.3, 0.4) is 0 Å². The number of likely N-dealkylation sites (tertiary alicyclic amines) is 1. The Bertz CT molecular complexity index is 2150. The molecule has 2 aliphatic rings. The average molecular weight is 708 g/mol. The van der Waals surface area contributed by atoms with Gasteiger partial charge in [0.25, 0.3) is 0 Å². The van der Waals surface area contributed by atoms with E-state index in [1.165, 1.54) is 24.3 Å². The number of halogens is 2. The SMILES string of the molecule is CC(C)(C)OC(=O)N1CCC(n2cc(-c3cc4nccc(Oc5ccc(CC(=O)C6(C(=O)Cc7ccc(F)cc7)CC6)cc5F)c4cn3)cn2)CC1. The van der Waals surface area contributed by atoms with E-state index in [0.29, 0.717) is 59.4 Å². The number of nitrogens with zero attached hydrogens (tertiary/aromatic N) is 5. The zero-order chi connectivity index (χ0) is 36.6. The van der Waals surface area contributed by atoms with Crippen molar-refractivity contribution in [3.8, 4) is 22.8 Å². The first-order chi connectivity index (χ1) is 24.9. The predicted molar refractivity (Wildman–Crippen MR) is 189 cm³/mol. The minimum Gasteiger partial charge on any atom is -0.453 e. The lowest BCUT2D eigenvalue weighted by Crippen LogP contribution is -2.42. The molecule has 12 heteroatoms. The number of hydrogen-bond acceptors (Lipinski definition) is 8. The van der Waals surface area contributed by atoms with Gasteiger partial charge in [-0.15, -0.1) is 0 Å². The van der Waals surface area contributed by atoms with Crippen molar-refractivity contribution in [1.82, 2.24) is 24.6 Å². The van der Waals surface area contributed by atoms with E-state index < -0.39 is 22.7 Å². The van der Waals surface area contributed by atoms with Crippen molar-refractivity contribution in [2.45, 2.75) is 70.9 Å². The summed E-state index contributed by atoms with van der Waals surface area (Å²) in [4.78, 5) is 49.6. The van der Waals surface area contributed by atoms with Crippen molar-refractivity contribution >= 4 is 28.6 Å². The second-order valence-electron chi connectivity index (χ2n) is 14.6. The number of fused-ring (bicyclic) bond motifs is 1. The zero-order valence-electron chi connectivity index (χ0n) is 29.3. The van der Waals surface area contributed by atoms with Gasteiger partial charge in [0.05, 0.1) is 34.3 Å². The first kappa shape index (κ1) is 34.9. The topological polar surface area (TPSA) is 117 Å². The molecule has 268 valence electrons. The minimum absolute atomic E-state index is 0.0275. The van der Waals surface area contributed by atoms with E-state index in [1.807, 2.05) is 37.7 Å². The number of benzene rings is 2. The van der Waals surface area contributed by atoms with Crippen LogP contribution in [0.5, 0.6) is 11.5 Å². The fourth-order valence-electron chi connectivity index (χ4n) is 6.58. The van der Waals surface area contributed by atoms with Gasteiger partial charge in [0.2, 0.25) is 0 Å². The molecule has 1 aliphatic carbocycles. The van der Waals surface area contributed by atoms with Gasteiger partial charge in [0, 0.05) is 50.1 Å². The first-order valence-electron chi connectivity index (χ1n) is 17.4. The van der Waals surface area contributed by atoms with Gasteiger partial charge in [0.1, 0.15) is 17.2 Å². The quantitative estimate of drug-likeness (QED) is 0.135. The number of rotatable bonds is 10. The maximum Gasteiger partial charge on any atom is 0.410 e. The molecule has 0 N–H and O–H groups in total. The Balaban J connectivity index is 0.988.